The first kappa shape index (κ1) is 5.54. The van der Waals surface area contributed by atoms with Crippen molar-refractivity contribution >= 4 is 6.21 Å². The molecule has 1 nitrogen and oxygen atoms in total. The summed E-state index contributed by atoms with van der Waals surface area (Å²) in [4.78, 5) is 0. The number of hydrogen-bond donors (Lipinski definition) is 1. The highest BCUT2D eigenvalue weighted by molar-refractivity contribution is 5.69. The Hall–Kier alpha value is -0.590. The Morgan fingerprint density at radius 1 is 1.88 bits per heavy atom. The molecule has 0 radical (unpaired) electrons. The third-order valence-corrected chi connectivity index (χ3v) is 2.05. The van der Waals surface area contributed by atoms with Crippen LogP contribution in [0.1, 0.15) is 20.3 Å². The summed E-state index contributed by atoms with van der Waals surface area (Å²) in [7, 11) is 0. The maximum absolute atomic E-state index is 7.02. The fourth-order valence-electron chi connectivity index (χ4n) is 0.801. The molecule has 44 valence electrons. The van der Waals surface area contributed by atoms with Crippen LogP contribution in [0.4, 0.5) is 0 Å². The lowest BCUT2D eigenvalue weighted by molar-refractivity contribution is 0.515. The van der Waals surface area contributed by atoms with Crippen LogP contribution in [0.15, 0.2) is 11.6 Å². The van der Waals surface area contributed by atoms with Gasteiger partial charge in [-0.1, -0.05) is 18.6 Å². The van der Waals surface area contributed by atoms with Gasteiger partial charge in [0.05, 0.1) is 0 Å². The Morgan fingerprint density at radius 3 is 2.50 bits per heavy atom. The van der Waals surface area contributed by atoms with Crippen molar-refractivity contribution in [3.05, 3.63) is 11.6 Å². The van der Waals surface area contributed by atoms with E-state index in [1.165, 1.54) is 11.8 Å². The van der Waals surface area contributed by atoms with Crippen LogP contribution >= 0.6 is 0 Å². The SMILES string of the molecule is CC1=CCC1(C)C=N. The molecule has 0 spiro atoms. The second kappa shape index (κ2) is 1.44. The number of hydrogen-bond acceptors (Lipinski definition) is 1. The van der Waals surface area contributed by atoms with E-state index in [0.717, 1.165) is 6.42 Å². The number of allylic oxidation sites excluding steroid dienone is 2. The molecule has 0 aromatic carbocycles. The Morgan fingerprint density at radius 2 is 2.50 bits per heavy atom. The molecule has 0 aliphatic heterocycles. The minimum absolute atomic E-state index is 0.125. The zero-order valence-corrected chi connectivity index (χ0v) is 5.36. The van der Waals surface area contributed by atoms with E-state index in [2.05, 4.69) is 19.9 Å². The van der Waals surface area contributed by atoms with Gasteiger partial charge in [-0.3, -0.25) is 0 Å². The maximum Gasteiger partial charge on any atom is 0.0261 e. The van der Waals surface area contributed by atoms with Crippen molar-refractivity contribution in [1.82, 2.24) is 0 Å². The fourth-order valence-corrected chi connectivity index (χ4v) is 0.801. The van der Waals surface area contributed by atoms with Crippen molar-refractivity contribution < 1.29 is 0 Å². The van der Waals surface area contributed by atoms with Crippen LogP contribution in [0.5, 0.6) is 0 Å². The molecule has 1 N–H and O–H groups in total. The van der Waals surface area contributed by atoms with E-state index < -0.39 is 0 Å². The van der Waals surface area contributed by atoms with Gasteiger partial charge < -0.3 is 5.41 Å². The minimum atomic E-state index is 0.125. The highest BCUT2D eigenvalue weighted by Crippen LogP contribution is 2.37. The summed E-state index contributed by atoms with van der Waals surface area (Å²) in [5.41, 5.74) is 1.47. The van der Waals surface area contributed by atoms with E-state index in [-0.39, 0.29) is 5.41 Å². The van der Waals surface area contributed by atoms with E-state index in [1.807, 2.05) is 0 Å². The van der Waals surface area contributed by atoms with Crippen LogP contribution in [0.3, 0.4) is 0 Å². The number of rotatable bonds is 1. The third-order valence-electron chi connectivity index (χ3n) is 2.05. The predicted octanol–water partition coefficient (Wildman–Crippen LogP) is 1.99. The van der Waals surface area contributed by atoms with Crippen molar-refractivity contribution in [3.8, 4) is 0 Å². The first-order valence-electron chi connectivity index (χ1n) is 2.88. The van der Waals surface area contributed by atoms with Crippen molar-refractivity contribution in [2.45, 2.75) is 20.3 Å². The molecule has 0 aromatic rings. The van der Waals surface area contributed by atoms with Crippen molar-refractivity contribution in [2.24, 2.45) is 5.41 Å². The van der Waals surface area contributed by atoms with Gasteiger partial charge in [0.2, 0.25) is 0 Å². The second-order valence-corrected chi connectivity index (χ2v) is 2.65. The van der Waals surface area contributed by atoms with E-state index in [1.54, 1.807) is 0 Å². The van der Waals surface area contributed by atoms with E-state index >= 15 is 0 Å². The topological polar surface area (TPSA) is 23.9 Å². The second-order valence-electron chi connectivity index (χ2n) is 2.65. The van der Waals surface area contributed by atoms with Gasteiger partial charge in [0.15, 0.2) is 0 Å². The van der Waals surface area contributed by atoms with Crippen LogP contribution in [0.25, 0.3) is 0 Å². The highest BCUT2D eigenvalue weighted by Gasteiger charge is 2.28. The molecule has 0 aromatic heterocycles. The average Bonchev–Trinajstić information content (AvgIpc) is 1.83. The molecule has 1 atom stereocenters. The Bertz CT molecular complexity index is 146. The van der Waals surface area contributed by atoms with Crippen molar-refractivity contribution in [1.29, 1.82) is 5.41 Å². The number of nitrogens with one attached hydrogen (secondary N) is 1. The van der Waals surface area contributed by atoms with Gasteiger partial charge in [0.1, 0.15) is 0 Å². The van der Waals surface area contributed by atoms with Crippen LogP contribution < -0.4 is 0 Å². The lowest BCUT2D eigenvalue weighted by atomic mass is 9.72. The summed E-state index contributed by atoms with van der Waals surface area (Å²) >= 11 is 0. The fraction of sp³-hybridized carbons (Fsp3) is 0.571. The molecule has 1 heteroatoms. The molecule has 0 bridgehead atoms. The lowest BCUT2D eigenvalue weighted by Crippen LogP contribution is -2.25. The van der Waals surface area contributed by atoms with Crippen LogP contribution in [0.2, 0.25) is 0 Å². The molecule has 0 saturated heterocycles. The van der Waals surface area contributed by atoms with Gasteiger partial charge in [-0.15, -0.1) is 0 Å². The monoisotopic (exact) mass is 109 g/mol. The molecular formula is C7H11N. The summed E-state index contributed by atoms with van der Waals surface area (Å²) in [5.74, 6) is 0. The summed E-state index contributed by atoms with van der Waals surface area (Å²) in [6, 6.07) is 0. The normalized spacial score (nSPS) is 35.5. The van der Waals surface area contributed by atoms with Crippen molar-refractivity contribution in [3.63, 3.8) is 0 Å². The van der Waals surface area contributed by atoms with Crippen LogP contribution in [-0.2, 0) is 0 Å². The third kappa shape index (κ3) is 0.507. The van der Waals surface area contributed by atoms with Crippen molar-refractivity contribution in [2.75, 3.05) is 0 Å². The highest BCUT2D eigenvalue weighted by atomic mass is 14.4. The summed E-state index contributed by atoms with van der Waals surface area (Å²) in [6.07, 6.45) is 4.76. The zero-order chi connectivity index (χ0) is 6.20. The molecule has 8 heavy (non-hydrogen) atoms. The van der Waals surface area contributed by atoms with Gasteiger partial charge in [0, 0.05) is 11.6 Å². The standard InChI is InChI=1S/C7H11N/c1-6-3-4-7(6,2)5-8/h3,5,8H,4H2,1-2H3. The summed E-state index contributed by atoms with van der Waals surface area (Å²) < 4.78 is 0. The lowest BCUT2D eigenvalue weighted by Gasteiger charge is -2.32. The van der Waals surface area contributed by atoms with Crippen LogP contribution in [0, 0.1) is 10.8 Å². The summed E-state index contributed by atoms with van der Waals surface area (Å²) in [5, 5.41) is 7.02. The smallest absolute Gasteiger partial charge is 0.0261 e. The predicted molar refractivity (Wildman–Crippen MR) is 35.3 cm³/mol. The molecule has 0 saturated carbocycles. The van der Waals surface area contributed by atoms with E-state index in [9.17, 15) is 0 Å². The molecule has 1 aliphatic carbocycles. The van der Waals surface area contributed by atoms with Gasteiger partial charge in [0.25, 0.3) is 0 Å². The molecule has 1 rings (SSSR count). The quantitative estimate of drug-likeness (QED) is 0.393. The van der Waals surface area contributed by atoms with Gasteiger partial charge in [-0.2, -0.15) is 0 Å². The first-order valence-corrected chi connectivity index (χ1v) is 2.88. The molecule has 0 heterocycles. The van der Waals surface area contributed by atoms with Crippen LogP contribution in [-0.4, -0.2) is 6.21 Å². The van der Waals surface area contributed by atoms with E-state index in [4.69, 9.17) is 5.41 Å². The van der Waals surface area contributed by atoms with Gasteiger partial charge in [-0.25, -0.2) is 0 Å². The Labute approximate surface area is 49.9 Å². The molecule has 0 amide bonds. The Balaban J connectivity index is 2.75. The zero-order valence-electron chi connectivity index (χ0n) is 5.36. The van der Waals surface area contributed by atoms with Gasteiger partial charge >= 0.3 is 0 Å². The molecule has 0 fully saturated rings. The summed E-state index contributed by atoms with van der Waals surface area (Å²) in [6.45, 7) is 4.17. The minimum Gasteiger partial charge on any atom is -0.312 e. The molecular weight excluding hydrogens is 98.1 g/mol. The van der Waals surface area contributed by atoms with E-state index in [0.29, 0.717) is 0 Å². The molecule has 1 unspecified atom stereocenters. The largest absolute Gasteiger partial charge is 0.312 e. The average molecular weight is 109 g/mol. The first-order chi connectivity index (χ1) is 3.69. The Kier molecular flexibility index (Phi) is 0.999. The molecule has 1 aliphatic rings. The maximum atomic E-state index is 7.02. The van der Waals surface area contributed by atoms with Gasteiger partial charge in [-0.05, 0) is 13.3 Å².